The predicted molar refractivity (Wildman–Crippen MR) is 87.6 cm³/mol. The highest BCUT2D eigenvalue weighted by molar-refractivity contribution is 5.83. The van der Waals surface area contributed by atoms with Gasteiger partial charge in [-0.05, 0) is 42.6 Å². The van der Waals surface area contributed by atoms with Gasteiger partial charge in [0.15, 0.2) is 0 Å². The molecule has 0 aliphatic rings. The standard InChI is InChI=1S/C19H21NO/c1-2-14-8-9-18-17(12-14)16(10-11-20)19(21-18)13-15-6-4-3-5-7-15/h3-9,12H,2,10-11,13,20H2,1H3. The van der Waals surface area contributed by atoms with Gasteiger partial charge in [0.2, 0.25) is 0 Å². The highest BCUT2D eigenvalue weighted by Gasteiger charge is 2.14. The van der Waals surface area contributed by atoms with Crippen LogP contribution in [0.5, 0.6) is 0 Å². The van der Waals surface area contributed by atoms with E-state index in [1.165, 1.54) is 22.1 Å². The Morgan fingerprint density at radius 1 is 1.00 bits per heavy atom. The molecule has 0 saturated carbocycles. The Hall–Kier alpha value is -2.06. The number of fused-ring (bicyclic) bond motifs is 1. The van der Waals surface area contributed by atoms with E-state index < -0.39 is 0 Å². The molecule has 0 aliphatic heterocycles. The molecule has 0 spiro atoms. The fraction of sp³-hybridized carbons (Fsp3) is 0.263. The van der Waals surface area contributed by atoms with E-state index >= 15 is 0 Å². The normalized spacial score (nSPS) is 11.1. The maximum Gasteiger partial charge on any atom is 0.134 e. The molecule has 3 aromatic rings. The Morgan fingerprint density at radius 2 is 1.81 bits per heavy atom. The molecule has 3 rings (SSSR count). The van der Waals surface area contributed by atoms with Gasteiger partial charge in [0.1, 0.15) is 11.3 Å². The minimum Gasteiger partial charge on any atom is -0.460 e. The van der Waals surface area contributed by atoms with E-state index in [9.17, 15) is 0 Å². The van der Waals surface area contributed by atoms with E-state index in [-0.39, 0.29) is 0 Å². The Labute approximate surface area is 125 Å². The van der Waals surface area contributed by atoms with Gasteiger partial charge < -0.3 is 10.2 Å². The second kappa shape index (κ2) is 6.15. The maximum absolute atomic E-state index is 6.10. The van der Waals surface area contributed by atoms with E-state index in [0.717, 1.165) is 30.6 Å². The van der Waals surface area contributed by atoms with Gasteiger partial charge in [-0.25, -0.2) is 0 Å². The van der Waals surface area contributed by atoms with Crippen LogP contribution < -0.4 is 5.73 Å². The summed E-state index contributed by atoms with van der Waals surface area (Å²) in [7, 11) is 0. The first kappa shape index (κ1) is 13.9. The van der Waals surface area contributed by atoms with Crippen molar-refractivity contribution in [1.29, 1.82) is 0 Å². The van der Waals surface area contributed by atoms with Crippen LogP contribution in [0.1, 0.15) is 29.4 Å². The van der Waals surface area contributed by atoms with Crippen molar-refractivity contribution < 1.29 is 4.42 Å². The Kier molecular flexibility index (Phi) is 4.07. The van der Waals surface area contributed by atoms with Gasteiger partial charge in [0.05, 0.1) is 0 Å². The molecule has 1 aromatic heterocycles. The summed E-state index contributed by atoms with van der Waals surface area (Å²) in [5.74, 6) is 1.05. The van der Waals surface area contributed by atoms with Gasteiger partial charge in [0, 0.05) is 17.4 Å². The first-order valence-electron chi connectivity index (χ1n) is 7.59. The van der Waals surface area contributed by atoms with Crippen LogP contribution in [0, 0.1) is 0 Å². The van der Waals surface area contributed by atoms with Crippen molar-refractivity contribution in [2.75, 3.05) is 6.54 Å². The molecular formula is C19H21NO. The number of aryl methyl sites for hydroxylation is 1. The van der Waals surface area contributed by atoms with Gasteiger partial charge in [-0.2, -0.15) is 0 Å². The lowest BCUT2D eigenvalue weighted by atomic mass is 10.0. The van der Waals surface area contributed by atoms with Crippen LogP contribution in [0.2, 0.25) is 0 Å². The molecule has 0 fully saturated rings. The summed E-state index contributed by atoms with van der Waals surface area (Å²) >= 11 is 0. The monoisotopic (exact) mass is 279 g/mol. The van der Waals surface area contributed by atoms with Crippen molar-refractivity contribution in [2.24, 2.45) is 5.73 Å². The lowest BCUT2D eigenvalue weighted by Gasteiger charge is -2.02. The number of nitrogens with two attached hydrogens (primary N) is 1. The lowest BCUT2D eigenvalue weighted by Crippen LogP contribution is -2.04. The van der Waals surface area contributed by atoms with Crippen LogP contribution in [0.15, 0.2) is 52.9 Å². The van der Waals surface area contributed by atoms with Crippen molar-refractivity contribution in [1.82, 2.24) is 0 Å². The first-order chi connectivity index (χ1) is 10.3. The molecule has 2 heteroatoms. The number of rotatable bonds is 5. The average molecular weight is 279 g/mol. The van der Waals surface area contributed by atoms with Gasteiger partial charge in [-0.15, -0.1) is 0 Å². The van der Waals surface area contributed by atoms with Crippen molar-refractivity contribution >= 4 is 11.0 Å². The Balaban J connectivity index is 2.06. The van der Waals surface area contributed by atoms with Crippen LogP contribution in [-0.4, -0.2) is 6.54 Å². The molecule has 2 nitrogen and oxygen atoms in total. The third-order valence-electron chi connectivity index (χ3n) is 3.95. The van der Waals surface area contributed by atoms with E-state index in [1.54, 1.807) is 0 Å². The molecule has 2 N–H and O–H groups in total. The minimum atomic E-state index is 0.646. The molecule has 108 valence electrons. The summed E-state index contributed by atoms with van der Waals surface area (Å²) in [6.45, 7) is 2.82. The van der Waals surface area contributed by atoms with Crippen molar-refractivity contribution in [3.8, 4) is 0 Å². The highest BCUT2D eigenvalue weighted by atomic mass is 16.3. The summed E-state index contributed by atoms with van der Waals surface area (Å²) in [6.07, 6.45) is 2.73. The van der Waals surface area contributed by atoms with Gasteiger partial charge in [0.25, 0.3) is 0 Å². The Bertz CT molecular complexity index is 728. The zero-order chi connectivity index (χ0) is 14.7. The number of furan rings is 1. The maximum atomic E-state index is 6.10. The second-order valence-corrected chi connectivity index (χ2v) is 5.39. The molecule has 0 atom stereocenters. The molecule has 21 heavy (non-hydrogen) atoms. The number of hydrogen-bond donors (Lipinski definition) is 1. The third kappa shape index (κ3) is 2.86. The molecule has 1 heterocycles. The summed E-state index contributed by atoms with van der Waals surface area (Å²) in [5.41, 5.74) is 10.7. The molecule has 2 aromatic carbocycles. The van der Waals surface area contributed by atoms with Gasteiger partial charge in [-0.3, -0.25) is 0 Å². The third-order valence-corrected chi connectivity index (χ3v) is 3.95. The fourth-order valence-electron chi connectivity index (χ4n) is 2.81. The quantitative estimate of drug-likeness (QED) is 0.764. The highest BCUT2D eigenvalue weighted by Crippen LogP contribution is 2.29. The molecule has 0 aliphatic carbocycles. The van der Waals surface area contributed by atoms with Crippen LogP contribution in [-0.2, 0) is 19.3 Å². The van der Waals surface area contributed by atoms with Crippen LogP contribution >= 0.6 is 0 Å². The fourth-order valence-corrected chi connectivity index (χ4v) is 2.81. The lowest BCUT2D eigenvalue weighted by molar-refractivity contribution is 0.556. The second-order valence-electron chi connectivity index (χ2n) is 5.39. The summed E-state index contributed by atoms with van der Waals surface area (Å²) in [5, 5.41) is 1.23. The van der Waals surface area contributed by atoms with Crippen LogP contribution in [0.25, 0.3) is 11.0 Å². The van der Waals surface area contributed by atoms with E-state index in [0.29, 0.717) is 6.54 Å². The minimum absolute atomic E-state index is 0.646. The van der Waals surface area contributed by atoms with E-state index in [1.807, 2.05) is 6.07 Å². The van der Waals surface area contributed by atoms with Crippen molar-refractivity contribution in [3.63, 3.8) is 0 Å². The average Bonchev–Trinajstić information content (AvgIpc) is 2.85. The number of hydrogen-bond acceptors (Lipinski definition) is 2. The Morgan fingerprint density at radius 3 is 2.52 bits per heavy atom. The zero-order valence-electron chi connectivity index (χ0n) is 12.4. The van der Waals surface area contributed by atoms with Gasteiger partial charge in [-0.1, -0.05) is 43.3 Å². The zero-order valence-corrected chi connectivity index (χ0v) is 12.4. The summed E-state index contributed by atoms with van der Waals surface area (Å²) in [4.78, 5) is 0. The van der Waals surface area contributed by atoms with Crippen LogP contribution in [0.3, 0.4) is 0 Å². The van der Waals surface area contributed by atoms with Crippen molar-refractivity contribution in [2.45, 2.75) is 26.2 Å². The van der Waals surface area contributed by atoms with Crippen LogP contribution in [0.4, 0.5) is 0 Å². The van der Waals surface area contributed by atoms with E-state index in [2.05, 4.69) is 49.4 Å². The summed E-state index contributed by atoms with van der Waals surface area (Å²) in [6, 6.07) is 16.9. The molecule has 0 saturated heterocycles. The number of benzene rings is 2. The van der Waals surface area contributed by atoms with Crippen molar-refractivity contribution in [3.05, 3.63) is 71.0 Å². The largest absolute Gasteiger partial charge is 0.460 e. The topological polar surface area (TPSA) is 39.2 Å². The molecular weight excluding hydrogens is 258 g/mol. The molecule has 0 radical (unpaired) electrons. The molecule has 0 bridgehead atoms. The summed E-state index contributed by atoms with van der Waals surface area (Å²) < 4.78 is 6.10. The first-order valence-corrected chi connectivity index (χ1v) is 7.59. The van der Waals surface area contributed by atoms with E-state index in [4.69, 9.17) is 10.2 Å². The molecule has 0 unspecified atom stereocenters. The predicted octanol–water partition coefficient (Wildman–Crippen LogP) is 4.09. The smallest absolute Gasteiger partial charge is 0.134 e. The SMILES string of the molecule is CCc1ccc2oc(Cc3ccccc3)c(CCN)c2c1. The van der Waals surface area contributed by atoms with Gasteiger partial charge >= 0.3 is 0 Å². The molecule has 0 amide bonds.